The molecule has 2 saturated carbocycles. The number of hydrogen-bond donors (Lipinski definition) is 0. The van der Waals surface area contributed by atoms with Gasteiger partial charge < -0.3 is 4.74 Å². The number of carbonyl (C=O) groups excluding carboxylic acids is 3. The summed E-state index contributed by atoms with van der Waals surface area (Å²) < 4.78 is 5.82. The standard InChI is InChI=1S/C24H32O4/c1-14-12-18-19(22(4)9-6-17(27)13-21(14)22)7-10-23(5)20(18)8-11-24(23,15(2)25)28-16(3)26/h12-13,18-20H,6-11H2,1-5H3/t18?,19-,20-,22?,23-,24?/m0/s1. The zero-order valence-electron chi connectivity index (χ0n) is 17.8. The van der Waals surface area contributed by atoms with Gasteiger partial charge in [0.05, 0.1) is 0 Å². The average Bonchev–Trinajstić information content (AvgIpc) is 2.90. The molecule has 4 heteroatoms. The fraction of sp³-hybridized carbons (Fsp3) is 0.708. The lowest BCUT2D eigenvalue weighted by Crippen LogP contribution is -2.58. The van der Waals surface area contributed by atoms with Crippen LogP contribution in [0, 0.1) is 28.6 Å². The van der Waals surface area contributed by atoms with Crippen LogP contribution in [0.15, 0.2) is 23.3 Å². The van der Waals surface area contributed by atoms with Crippen molar-refractivity contribution in [2.24, 2.45) is 28.6 Å². The number of ketones is 2. The lowest BCUT2D eigenvalue weighted by atomic mass is 9.47. The van der Waals surface area contributed by atoms with Crippen molar-refractivity contribution < 1.29 is 19.1 Å². The number of hydrogen-bond acceptors (Lipinski definition) is 4. The first kappa shape index (κ1) is 19.6. The lowest BCUT2D eigenvalue weighted by Gasteiger charge is -2.58. The Balaban J connectivity index is 1.79. The van der Waals surface area contributed by atoms with Gasteiger partial charge >= 0.3 is 5.97 Å². The molecule has 0 heterocycles. The van der Waals surface area contributed by atoms with E-state index in [1.165, 1.54) is 18.1 Å². The highest BCUT2D eigenvalue weighted by atomic mass is 16.6. The summed E-state index contributed by atoms with van der Waals surface area (Å²) in [4.78, 5) is 36.8. The van der Waals surface area contributed by atoms with Crippen molar-refractivity contribution >= 4 is 17.5 Å². The molecule has 0 aromatic heterocycles. The molecule has 4 rings (SSSR count). The molecule has 4 aliphatic carbocycles. The molecule has 0 aliphatic heterocycles. The van der Waals surface area contributed by atoms with Gasteiger partial charge in [0.1, 0.15) is 0 Å². The largest absolute Gasteiger partial charge is 0.451 e. The zero-order chi connectivity index (χ0) is 20.5. The zero-order valence-corrected chi connectivity index (χ0v) is 17.8. The maximum Gasteiger partial charge on any atom is 0.303 e. The number of carbonyl (C=O) groups is 3. The Hall–Kier alpha value is -1.71. The Bertz CT molecular complexity index is 820. The minimum Gasteiger partial charge on any atom is -0.451 e. The second-order valence-corrected chi connectivity index (χ2v) is 10.1. The second-order valence-electron chi connectivity index (χ2n) is 10.1. The Labute approximate surface area is 167 Å². The summed E-state index contributed by atoms with van der Waals surface area (Å²) in [6.07, 6.45) is 9.20. The van der Waals surface area contributed by atoms with Crippen LogP contribution in [0.1, 0.15) is 73.1 Å². The van der Waals surface area contributed by atoms with E-state index in [4.69, 9.17) is 4.74 Å². The van der Waals surface area contributed by atoms with Crippen molar-refractivity contribution in [3.8, 4) is 0 Å². The highest BCUT2D eigenvalue weighted by Crippen LogP contribution is 2.67. The third-order valence-corrected chi connectivity index (χ3v) is 8.84. The Kier molecular flexibility index (Phi) is 4.30. The van der Waals surface area contributed by atoms with Crippen molar-refractivity contribution in [3.63, 3.8) is 0 Å². The number of allylic oxidation sites excluding steroid dienone is 4. The molecular formula is C24H32O4. The van der Waals surface area contributed by atoms with Gasteiger partial charge in [0.15, 0.2) is 17.2 Å². The average molecular weight is 385 g/mol. The van der Waals surface area contributed by atoms with Crippen molar-refractivity contribution in [1.29, 1.82) is 0 Å². The SMILES string of the molecule is CC(=O)OC1(C(C)=O)CC[C@H]2C3C=C(C)C4=CC(=O)CCC4(C)[C@H]3CC[C@@]21C. The van der Waals surface area contributed by atoms with E-state index in [9.17, 15) is 14.4 Å². The van der Waals surface area contributed by atoms with E-state index in [1.807, 2.05) is 6.08 Å². The summed E-state index contributed by atoms with van der Waals surface area (Å²) in [6.45, 7) is 9.63. The molecule has 0 spiro atoms. The molecule has 0 amide bonds. The lowest BCUT2D eigenvalue weighted by molar-refractivity contribution is -0.185. The summed E-state index contributed by atoms with van der Waals surface area (Å²) >= 11 is 0. The molecule has 0 radical (unpaired) electrons. The van der Waals surface area contributed by atoms with Crippen molar-refractivity contribution in [2.75, 3.05) is 0 Å². The van der Waals surface area contributed by atoms with E-state index in [0.29, 0.717) is 30.6 Å². The molecule has 2 fully saturated rings. The van der Waals surface area contributed by atoms with Gasteiger partial charge in [0, 0.05) is 18.8 Å². The van der Waals surface area contributed by atoms with Gasteiger partial charge in [-0.05, 0) is 80.8 Å². The summed E-state index contributed by atoms with van der Waals surface area (Å²) in [6, 6.07) is 0. The molecule has 6 atom stereocenters. The van der Waals surface area contributed by atoms with Crippen LogP contribution in [-0.2, 0) is 19.1 Å². The van der Waals surface area contributed by atoms with Crippen molar-refractivity contribution in [2.45, 2.75) is 78.7 Å². The van der Waals surface area contributed by atoms with Crippen LogP contribution in [0.3, 0.4) is 0 Å². The van der Waals surface area contributed by atoms with Gasteiger partial charge in [-0.1, -0.05) is 25.5 Å². The first-order valence-electron chi connectivity index (χ1n) is 10.7. The molecule has 0 bridgehead atoms. The third kappa shape index (κ3) is 2.39. The van der Waals surface area contributed by atoms with Gasteiger partial charge in [0.25, 0.3) is 0 Å². The molecule has 28 heavy (non-hydrogen) atoms. The van der Waals surface area contributed by atoms with E-state index < -0.39 is 5.60 Å². The van der Waals surface area contributed by atoms with E-state index in [-0.39, 0.29) is 28.4 Å². The fourth-order valence-electron chi connectivity index (χ4n) is 7.48. The van der Waals surface area contributed by atoms with E-state index in [0.717, 1.165) is 25.7 Å². The maximum absolute atomic E-state index is 12.8. The highest BCUT2D eigenvalue weighted by molar-refractivity contribution is 5.92. The van der Waals surface area contributed by atoms with Gasteiger partial charge in [0.2, 0.25) is 0 Å². The van der Waals surface area contributed by atoms with Gasteiger partial charge in [-0.3, -0.25) is 14.4 Å². The summed E-state index contributed by atoms with van der Waals surface area (Å²) in [5.41, 5.74) is 1.15. The van der Waals surface area contributed by atoms with Crippen LogP contribution in [0.2, 0.25) is 0 Å². The van der Waals surface area contributed by atoms with Crippen LogP contribution >= 0.6 is 0 Å². The predicted molar refractivity (Wildman–Crippen MR) is 106 cm³/mol. The Morgan fingerprint density at radius 2 is 1.75 bits per heavy atom. The fourth-order valence-corrected chi connectivity index (χ4v) is 7.48. The highest BCUT2D eigenvalue weighted by Gasteiger charge is 2.67. The molecule has 0 N–H and O–H groups in total. The summed E-state index contributed by atoms with van der Waals surface area (Å²) in [5, 5.41) is 0. The summed E-state index contributed by atoms with van der Waals surface area (Å²) in [7, 11) is 0. The first-order valence-corrected chi connectivity index (χ1v) is 10.7. The van der Waals surface area contributed by atoms with E-state index in [2.05, 4.69) is 26.8 Å². The number of Topliss-reactive ketones (excluding diaryl/α,β-unsaturated/α-hetero) is 1. The molecule has 4 aliphatic rings. The van der Waals surface area contributed by atoms with Crippen LogP contribution in [-0.4, -0.2) is 23.1 Å². The van der Waals surface area contributed by atoms with Crippen molar-refractivity contribution in [3.05, 3.63) is 23.3 Å². The van der Waals surface area contributed by atoms with Crippen LogP contribution in [0.25, 0.3) is 0 Å². The number of fused-ring (bicyclic) bond motifs is 5. The minimum atomic E-state index is -0.990. The minimum absolute atomic E-state index is 0.0160. The third-order valence-electron chi connectivity index (χ3n) is 8.84. The predicted octanol–water partition coefficient (Wildman–Crippen LogP) is 4.58. The first-order chi connectivity index (χ1) is 13.0. The van der Waals surface area contributed by atoms with Gasteiger partial charge in [-0.15, -0.1) is 0 Å². The van der Waals surface area contributed by atoms with E-state index >= 15 is 0 Å². The number of ether oxygens (including phenoxy) is 1. The quantitative estimate of drug-likeness (QED) is 0.654. The molecule has 0 aromatic rings. The van der Waals surface area contributed by atoms with Crippen LogP contribution in [0.5, 0.6) is 0 Å². The van der Waals surface area contributed by atoms with Crippen LogP contribution in [0.4, 0.5) is 0 Å². The molecule has 3 unspecified atom stereocenters. The second kappa shape index (κ2) is 6.14. The topological polar surface area (TPSA) is 60.4 Å². The molecule has 0 aromatic carbocycles. The Morgan fingerprint density at radius 3 is 2.39 bits per heavy atom. The Morgan fingerprint density at radius 1 is 1.07 bits per heavy atom. The number of rotatable bonds is 2. The monoisotopic (exact) mass is 384 g/mol. The summed E-state index contributed by atoms with van der Waals surface area (Å²) in [5.74, 6) is 1.03. The van der Waals surface area contributed by atoms with Gasteiger partial charge in [-0.2, -0.15) is 0 Å². The van der Waals surface area contributed by atoms with Gasteiger partial charge in [-0.25, -0.2) is 0 Å². The van der Waals surface area contributed by atoms with Crippen molar-refractivity contribution in [1.82, 2.24) is 0 Å². The molecular weight excluding hydrogens is 352 g/mol. The smallest absolute Gasteiger partial charge is 0.303 e. The molecule has 0 saturated heterocycles. The number of esters is 1. The molecule has 4 nitrogen and oxygen atoms in total. The maximum atomic E-state index is 12.8. The van der Waals surface area contributed by atoms with E-state index in [1.54, 1.807) is 6.92 Å². The normalized spacial score (nSPS) is 44.6. The molecule has 152 valence electrons. The van der Waals surface area contributed by atoms with Crippen LogP contribution < -0.4 is 0 Å².